The van der Waals surface area contributed by atoms with Gasteiger partial charge in [0.25, 0.3) is 0 Å². The van der Waals surface area contributed by atoms with Crippen molar-refractivity contribution in [1.29, 1.82) is 0 Å². The van der Waals surface area contributed by atoms with Crippen molar-refractivity contribution in [2.75, 3.05) is 6.61 Å². The smallest absolute Gasteiger partial charge is 0.368 e. The average molecular weight is 236 g/mol. The molecule has 1 unspecified atom stereocenters. The lowest BCUT2D eigenvalue weighted by Gasteiger charge is -2.18. The van der Waals surface area contributed by atoms with Crippen LogP contribution < -0.4 is 0 Å². The van der Waals surface area contributed by atoms with Crippen LogP contribution in [-0.2, 0) is 4.43 Å². The van der Waals surface area contributed by atoms with Crippen LogP contribution in [0, 0.1) is 5.92 Å². The van der Waals surface area contributed by atoms with Crippen molar-refractivity contribution in [2.24, 2.45) is 5.92 Å². The number of rotatable bonds is 9. The zero-order valence-electron chi connectivity index (χ0n) is 9.78. The second-order valence-electron chi connectivity index (χ2n) is 4.04. The van der Waals surface area contributed by atoms with Crippen LogP contribution in [0.25, 0.3) is 0 Å². The molecule has 0 saturated heterocycles. The van der Waals surface area contributed by atoms with E-state index in [2.05, 4.69) is 18.3 Å². The third-order valence-electron chi connectivity index (χ3n) is 2.43. The summed E-state index contributed by atoms with van der Waals surface area (Å²) < 4.78 is 4.68. The number of hydrogen-bond acceptors (Lipinski definition) is 4. The molecule has 0 heterocycles. The van der Waals surface area contributed by atoms with Crippen LogP contribution in [0.1, 0.15) is 52.4 Å². The minimum absolute atomic E-state index is 0.257. The Morgan fingerprint density at radius 2 is 1.67 bits per heavy atom. The SMILES string of the molecule is CCCCCC(CCC)CO[Si](O)(O)O. The maximum Gasteiger partial charge on any atom is 0.671 e. The van der Waals surface area contributed by atoms with Gasteiger partial charge in [-0.1, -0.05) is 39.5 Å². The van der Waals surface area contributed by atoms with Crippen LogP contribution in [0.4, 0.5) is 0 Å². The van der Waals surface area contributed by atoms with Gasteiger partial charge in [0.15, 0.2) is 0 Å². The van der Waals surface area contributed by atoms with Crippen molar-refractivity contribution in [3.63, 3.8) is 0 Å². The van der Waals surface area contributed by atoms with Gasteiger partial charge < -0.3 is 18.8 Å². The van der Waals surface area contributed by atoms with E-state index in [1.54, 1.807) is 0 Å². The Labute approximate surface area is 93.4 Å². The maximum absolute atomic E-state index is 8.73. The van der Waals surface area contributed by atoms with Crippen LogP contribution in [0.2, 0.25) is 0 Å². The highest BCUT2D eigenvalue weighted by Crippen LogP contribution is 2.16. The van der Waals surface area contributed by atoms with E-state index in [4.69, 9.17) is 14.4 Å². The molecule has 92 valence electrons. The van der Waals surface area contributed by atoms with Gasteiger partial charge in [0.05, 0.1) is 0 Å². The number of unbranched alkanes of at least 4 members (excludes halogenated alkanes) is 2. The molecule has 0 fully saturated rings. The Morgan fingerprint density at radius 1 is 1.00 bits per heavy atom. The van der Waals surface area contributed by atoms with Crippen molar-refractivity contribution < 1.29 is 18.8 Å². The highest BCUT2D eigenvalue weighted by atomic mass is 28.4. The fourth-order valence-corrected chi connectivity index (χ4v) is 2.09. The first-order valence-corrected chi connectivity index (χ1v) is 7.55. The molecular formula is C10H24O4Si. The van der Waals surface area contributed by atoms with Gasteiger partial charge in [-0.3, -0.25) is 0 Å². The molecule has 0 aromatic heterocycles. The summed E-state index contributed by atoms with van der Waals surface area (Å²) in [6, 6.07) is 0. The fraction of sp³-hybridized carbons (Fsp3) is 1.00. The second kappa shape index (κ2) is 8.24. The van der Waals surface area contributed by atoms with Crippen molar-refractivity contribution in [1.82, 2.24) is 0 Å². The van der Waals surface area contributed by atoms with Crippen LogP contribution in [0.15, 0.2) is 0 Å². The summed E-state index contributed by atoms with van der Waals surface area (Å²) >= 11 is 0. The predicted molar refractivity (Wildman–Crippen MR) is 60.9 cm³/mol. The van der Waals surface area contributed by atoms with Crippen LogP contribution in [0.3, 0.4) is 0 Å². The molecule has 0 bridgehead atoms. The van der Waals surface area contributed by atoms with E-state index in [1.165, 1.54) is 12.8 Å². The Bertz CT molecular complexity index is 147. The summed E-state index contributed by atoms with van der Waals surface area (Å²) in [5.74, 6) is 0.333. The zero-order valence-corrected chi connectivity index (χ0v) is 10.8. The van der Waals surface area contributed by atoms with Crippen LogP contribution >= 0.6 is 0 Å². The molecule has 0 aromatic carbocycles. The molecule has 0 spiro atoms. The van der Waals surface area contributed by atoms with Crippen LogP contribution in [-0.4, -0.2) is 30.0 Å². The quantitative estimate of drug-likeness (QED) is 0.418. The van der Waals surface area contributed by atoms with E-state index in [0.29, 0.717) is 5.92 Å². The van der Waals surface area contributed by atoms with Crippen molar-refractivity contribution in [3.05, 3.63) is 0 Å². The van der Waals surface area contributed by atoms with E-state index in [-0.39, 0.29) is 6.61 Å². The highest BCUT2D eigenvalue weighted by Gasteiger charge is 2.31. The lowest BCUT2D eigenvalue weighted by atomic mass is 9.98. The van der Waals surface area contributed by atoms with Gasteiger partial charge in [-0.25, -0.2) is 0 Å². The molecule has 0 radical (unpaired) electrons. The van der Waals surface area contributed by atoms with E-state index in [0.717, 1.165) is 25.7 Å². The second-order valence-corrected chi connectivity index (χ2v) is 5.47. The molecule has 0 aliphatic rings. The molecular weight excluding hydrogens is 212 g/mol. The number of hydrogen-bond donors (Lipinski definition) is 3. The normalized spacial score (nSPS) is 14.2. The van der Waals surface area contributed by atoms with E-state index in [9.17, 15) is 0 Å². The largest absolute Gasteiger partial charge is 0.671 e. The first-order valence-electron chi connectivity index (χ1n) is 5.80. The van der Waals surface area contributed by atoms with E-state index < -0.39 is 9.05 Å². The molecule has 0 saturated carbocycles. The molecule has 0 aliphatic heterocycles. The third kappa shape index (κ3) is 10.3. The standard InChI is InChI=1S/C10H24O4Si/c1-3-5-6-8-10(7-4-2)9-14-15(11,12)13/h10-13H,3-9H2,1-2H3. The van der Waals surface area contributed by atoms with Gasteiger partial charge in [-0.15, -0.1) is 0 Å². The van der Waals surface area contributed by atoms with Gasteiger partial charge in [0, 0.05) is 6.61 Å². The van der Waals surface area contributed by atoms with Gasteiger partial charge in [-0.2, -0.15) is 0 Å². The van der Waals surface area contributed by atoms with E-state index >= 15 is 0 Å². The zero-order chi connectivity index (χ0) is 11.7. The summed E-state index contributed by atoms with van der Waals surface area (Å²) in [6.07, 6.45) is 6.61. The third-order valence-corrected chi connectivity index (χ3v) is 2.98. The Hall–Kier alpha value is 0.0569. The van der Waals surface area contributed by atoms with E-state index in [1.807, 2.05) is 0 Å². The molecule has 3 N–H and O–H groups in total. The maximum atomic E-state index is 8.73. The molecule has 0 aromatic rings. The minimum Gasteiger partial charge on any atom is -0.368 e. The Kier molecular flexibility index (Phi) is 8.27. The van der Waals surface area contributed by atoms with Gasteiger partial charge in [0.2, 0.25) is 0 Å². The first-order chi connectivity index (χ1) is 6.99. The molecule has 4 nitrogen and oxygen atoms in total. The molecule has 0 aliphatic carbocycles. The lowest BCUT2D eigenvalue weighted by Crippen LogP contribution is -2.40. The van der Waals surface area contributed by atoms with Crippen LogP contribution in [0.5, 0.6) is 0 Å². The molecule has 5 heteroatoms. The summed E-state index contributed by atoms with van der Waals surface area (Å²) in [5, 5.41) is 0. The lowest BCUT2D eigenvalue weighted by molar-refractivity contribution is 0.0456. The average Bonchev–Trinajstić information content (AvgIpc) is 2.13. The Morgan fingerprint density at radius 3 is 2.13 bits per heavy atom. The van der Waals surface area contributed by atoms with Gasteiger partial charge in [-0.05, 0) is 18.8 Å². The fourth-order valence-electron chi connectivity index (χ4n) is 1.63. The van der Waals surface area contributed by atoms with Gasteiger partial charge in [0.1, 0.15) is 0 Å². The monoisotopic (exact) mass is 236 g/mol. The molecule has 0 rings (SSSR count). The molecule has 1 atom stereocenters. The summed E-state index contributed by atoms with van der Waals surface area (Å²) in [7, 11) is -4.30. The van der Waals surface area contributed by atoms with Crippen molar-refractivity contribution >= 4 is 9.05 Å². The predicted octanol–water partition coefficient (Wildman–Crippen LogP) is 1.41. The topological polar surface area (TPSA) is 69.9 Å². The summed E-state index contributed by atoms with van der Waals surface area (Å²) in [6.45, 7) is 4.50. The highest BCUT2D eigenvalue weighted by molar-refractivity contribution is 6.48. The molecule has 15 heavy (non-hydrogen) atoms. The molecule has 0 amide bonds. The van der Waals surface area contributed by atoms with Crippen molar-refractivity contribution in [2.45, 2.75) is 52.4 Å². The minimum atomic E-state index is -4.30. The summed E-state index contributed by atoms with van der Waals surface area (Å²) in [4.78, 5) is 26.2. The first kappa shape index (κ1) is 15.1. The van der Waals surface area contributed by atoms with Crippen molar-refractivity contribution in [3.8, 4) is 0 Å². The summed E-state index contributed by atoms with van der Waals surface area (Å²) in [5.41, 5.74) is 0. The Balaban J connectivity index is 3.72. The van der Waals surface area contributed by atoms with Gasteiger partial charge >= 0.3 is 9.05 Å².